The SMILES string of the molecule is NC(=O)c1ccc(SCC(=O)Nc2cc(N3CCCC3=O)ccc2Cl)c([N+](=O)[O-])c1. The molecule has 0 saturated carbocycles. The molecule has 1 aliphatic heterocycles. The van der Waals surface area contributed by atoms with Gasteiger partial charge in [0, 0.05) is 30.3 Å². The van der Waals surface area contributed by atoms with E-state index in [9.17, 15) is 24.5 Å². The lowest BCUT2D eigenvalue weighted by atomic mass is 10.2. The van der Waals surface area contributed by atoms with Crippen molar-refractivity contribution in [3.63, 3.8) is 0 Å². The molecule has 1 heterocycles. The molecule has 2 aromatic carbocycles. The first-order valence-corrected chi connectivity index (χ1v) is 10.2. The van der Waals surface area contributed by atoms with Crippen LogP contribution >= 0.6 is 23.4 Å². The van der Waals surface area contributed by atoms with Gasteiger partial charge in [-0.15, -0.1) is 11.8 Å². The molecule has 2 aromatic rings. The zero-order valence-corrected chi connectivity index (χ0v) is 17.2. The van der Waals surface area contributed by atoms with Gasteiger partial charge in [-0.05, 0) is 36.8 Å². The zero-order chi connectivity index (χ0) is 21.8. The Morgan fingerprint density at radius 1 is 1.27 bits per heavy atom. The Hall–Kier alpha value is -3.11. The van der Waals surface area contributed by atoms with Gasteiger partial charge in [0.2, 0.25) is 17.7 Å². The number of benzene rings is 2. The van der Waals surface area contributed by atoms with Crippen LogP contribution in [0.3, 0.4) is 0 Å². The molecular weight excluding hydrogens is 432 g/mol. The third kappa shape index (κ3) is 4.89. The van der Waals surface area contributed by atoms with Gasteiger partial charge in [0.05, 0.1) is 26.3 Å². The summed E-state index contributed by atoms with van der Waals surface area (Å²) in [4.78, 5) is 48.0. The highest BCUT2D eigenvalue weighted by Crippen LogP contribution is 2.32. The highest BCUT2D eigenvalue weighted by Gasteiger charge is 2.23. The van der Waals surface area contributed by atoms with Gasteiger partial charge < -0.3 is 16.0 Å². The van der Waals surface area contributed by atoms with Crippen molar-refractivity contribution >= 4 is 58.1 Å². The number of amides is 3. The molecule has 0 radical (unpaired) electrons. The number of nitro groups is 1. The second kappa shape index (κ2) is 9.14. The van der Waals surface area contributed by atoms with Gasteiger partial charge in [0.1, 0.15) is 0 Å². The van der Waals surface area contributed by atoms with Crippen LogP contribution in [-0.4, -0.2) is 34.9 Å². The molecule has 156 valence electrons. The molecule has 3 N–H and O–H groups in total. The number of hydrogen-bond acceptors (Lipinski definition) is 6. The average molecular weight is 449 g/mol. The van der Waals surface area contributed by atoms with Crippen molar-refractivity contribution in [1.82, 2.24) is 0 Å². The standard InChI is InChI=1S/C19H17ClN4O5S/c20-13-5-4-12(23-7-1-2-18(23)26)9-14(13)22-17(25)10-30-16-6-3-11(19(21)27)8-15(16)24(28)29/h3-6,8-9H,1-2,7,10H2,(H2,21,27)(H,22,25). The maximum Gasteiger partial charge on any atom is 0.283 e. The van der Waals surface area contributed by atoms with E-state index in [1.807, 2.05) is 0 Å². The number of halogens is 1. The van der Waals surface area contributed by atoms with Crippen molar-refractivity contribution < 1.29 is 19.3 Å². The van der Waals surface area contributed by atoms with Gasteiger partial charge >= 0.3 is 0 Å². The Bertz CT molecular complexity index is 1050. The summed E-state index contributed by atoms with van der Waals surface area (Å²) in [6, 6.07) is 8.75. The molecule has 3 amide bonds. The van der Waals surface area contributed by atoms with Crippen molar-refractivity contribution in [3.8, 4) is 0 Å². The fourth-order valence-corrected chi connectivity index (χ4v) is 3.93. The number of rotatable bonds is 7. The third-order valence-electron chi connectivity index (χ3n) is 4.41. The molecule has 1 aliphatic rings. The number of nitrogens with one attached hydrogen (secondary N) is 1. The summed E-state index contributed by atoms with van der Waals surface area (Å²) in [6.45, 7) is 0.606. The van der Waals surface area contributed by atoms with Gasteiger partial charge in [-0.25, -0.2) is 0 Å². The second-order valence-electron chi connectivity index (χ2n) is 6.45. The summed E-state index contributed by atoms with van der Waals surface area (Å²) in [5.74, 6) is -1.32. The molecular formula is C19H17ClN4O5S. The maximum absolute atomic E-state index is 12.4. The van der Waals surface area contributed by atoms with E-state index in [4.69, 9.17) is 17.3 Å². The first-order chi connectivity index (χ1) is 14.3. The van der Waals surface area contributed by atoms with E-state index >= 15 is 0 Å². The largest absolute Gasteiger partial charge is 0.366 e. The van der Waals surface area contributed by atoms with E-state index in [1.54, 1.807) is 23.1 Å². The molecule has 0 atom stereocenters. The molecule has 0 aliphatic carbocycles. The first kappa shape index (κ1) is 21.6. The first-order valence-electron chi connectivity index (χ1n) is 8.87. The highest BCUT2D eigenvalue weighted by atomic mass is 35.5. The van der Waals surface area contributed by atoms with Crippen molar-refractivity contribution in [2.45, 2.75) is 17.7 Å². The van der Waals surface area contributed by atoms with Crippen molar-refractivity contribution in [2.75, 3.05) is 22.5 Å². The molecule has 9 nitrogen and oxygen atoms in total. The van der Waals surface area contributed by atoms with E-state index in [0.29, 0.717) is 29.4 Å². The minimum Gasteiger partial charge on any atom is -0.366 e. The Labute approximate surface area is 180 Å². The summed E-state index contributed by atoms with van der Waals surface area (Å²) in [6.07, 6.45) is 1.25. The monoisotopic (exact) mass is 448 g/mol. The lowest BCUT2D eigenvalue weighted by Crippen LogP contribution is -2.24. The summed E-state index contributed by atoms with van der Waals surface area (Å²) in [5.41, 5.74) is 5.84. The Kier molecular flexibility index (Phi) is 6.58. The lowest BCUT2D eigenvalue weighted by Gasteiger charge is -2.17. The molecule has 1 fully saturated rings. The summed E-state index contributed by atoms with van der Waals surface area (Å²) >= 11 is 7.10. The molecule has 30 heavy (non-hydrogen) atoms. The van der Waals surface area contributed by atoms with E-state index in [1.165, 1.54) is 12.1 Å². The topological polar surface area (TPSA) is 136 Å². The number of primary amides is 1. The minimum atomic E-state index is -0.779. The molecule has 1 saturated heterocycles. The van der Waals surface area contributed by atoms with Gasteiger partial charge in [-0.1, -0.05) is 11.6 Å². The van der Waals surface area contributed by atoms with Gasteiger partial charge in [-0.3, -0.25) is 24.5 Å². The molecule has 0 bridgehead atoms. The van der Waals surface area contributed by atoms with Crippen LogP contribution in [0.1, 0.15) is 23.2 Å². The van der Waals surface area contributed by atoms with Crippen molar-refractivity contribution in [1.29, 1.82) is 0 Å². The van der Waals surface area contributed by atoms with Crippen LogP contribution in [0.25, 0.3) is 0 Å². The summed E-state index contributed by atoms with van der Waals surface area (Å²) in [7, 11) is 0. The van der Waals surface area contributed by atoms with Crippen LogP contribution in [0.15, 0.2) is 41.3 Å². The minimum absolute atomic E-state index is 0.00978. The molecule has 0 unspecified atom stereocenters. The second-order valence-corrected chi connectivity index (χ2v) is 7.88. The zero-order valence-electron chi connectivity index (χ0n) is 15.6. The number of anilines is 2. The average Bonchev–Trinajstić information content (AvgIpc) is 3.13. The predicted molar refractivity (Wildman–Crippen MR) is 114 cm³/mol. The number of carbonyl (C=O) groups is 3. The van der Waals surface area contributed by atoms with Gasteiger partial charge in [0.15, 0.2) is 0 Å². The Balaban J connectivity index is 1.70. The van der Waals surface area contributed by atoms with Crippen LogP contribution in [0.2, 0.25) is 5.02 Å². The van der Waals surface area contributed by atoms with Crippen molar-refractivity contribution in [3.05, 3.63) is 57.1 Å². The summed E-state index contributed by atoms with van der Waals surface area (Å²) < 4.78 is 0. The normalized spacial score (nSPS) is 13.4. The third-order valence-corrected chi connectivity index (χ3v) is 5.80. The van der Waals surface area contributed by atoms with Crippen LogP contribution in [0, 0.1) is 10.1 Å². The van der Waals surface area contributed by atoms with E-state index in [0.717, 1.165) is 24.2 Å². The van der Waals surface area contributed by atoms with E-state index in [-0.39, 0.29) is 27.8 Å². The van der Waals surface area contributed by atoms with E-state index < -0.39 is 16.7 Å². The van der Waals surface area contributed by atoms with Crippen molar-refractivity contribution in [2.24, 2.45) is 5.73 Å². The molecule has 11 heteroatoms. The number of hydrogen-bond donors (Lipinski definition) is 2. The summed E-state index contributed by atoms with van der Waals surface area (Å²) in [5, 5.41) is 14.2. The maximum atomic E-state index is 12.4. The van der Waals surface area contributed by atoms with E-state index in [2.05, 4.69) is 5.32 Å². The number of nitro benzene ring substituents is 1. The van der Waals surface area contributed by atoms with Crippen LogP contribution in [0.5, 0.6) is 0 Å². The Morgan fingerprint density at radius 3 is 2.67 bits per heavy atom. The van der Waals surface area contributed by atoms with Crippen LogP contribution < -0.4 is 16.0 Å². The molecule has 0 spiro atoms. The fourth-order valence-electron chi connectivity index (χ4n) is 2.96. The predicted octanol–water partition coefficient (Wildman–Crippen LogP) is 3.20. The van der Waals surface area contributed by atoms with Gasteiger partial charge in [0.25, 0.3) is 5.69 Å². The number of nitrogens with two attached hydrogens (primary N) is 1. The van der Waals surface area contributed by atoms with Crippen LogP contribution in [0.4, 0.5) is 17.1 Å². The molecule has 3 rings (SSSR count). The number of thioether (sulfide) groups is 1. The quantitative estimate of drug-likeness (QED) is 0.379. The van der Waals surface area contributed by atoms with Gasteiger partial charge in [-0.2, -0.15) is 0 Å². The number of carbonyl (C=O) groups excluding carboxylic acids is 3. The Morgan fingerprint density at radius 2 is 2.03 bits per heavy atom. The fraction of sp³-hybridized carbons (Fsp3) is 0.211. The smallest absolute Gasteiger partial charge is 0.283 e. The highest BCUT2D eigenvalue weighted by molar-refractivity contribution is 8.00. The number of nitrogens with zero attached hydrogens (tertiary/aromatic N) is 2. The molecule has 0 aromatic heterocycles. The van der Waals surface area contributed by atoms with Crippen LogP contribution in [-0.2, 0) is 9.59 Å². The lowest BCUT2D eigenvalue weighted by molar-refractivity contribution is -0.387.